The van der Waals surface area contributed by atoms with Crippen molar-refractivity contribution in [1.82, 2.24) is 5.32 Å². The standard InChI is InChI=1S/C21H24ClF6NO/c22-16-11-13(20(23,24)25)10-15(21(26,27)28)18(16)19(30)29-17-9-5-8-14(17)12-6-3-1-2-4-7-12/h10-12,14,17H,1-9H2,(H,29,30)/t14-,17-/m0/s1. The Morgan fingerprint density at radius 3 is 2.07 bits per heavy atom. The van der Waals surface area contributed by atoms with Crippen LogP contribution in [0.1, 0.15) is 79.3 Å². The number of benzene rings is 1. The lowest BCUT2D eigenvalue weighted by Gasteiger charge is -2.29. The van der Waals surface area contributed by atoms with Crippen LogP contribution in [0, 0.1) is 11.8 Å². The van der Waals surface area contributed by atoms with Crippen LogP contribution in [0.3, 0.4) is 0 Å². The Morgan fingerprint density at radius 2 is 1.50 bits per heavy atom. The molecule has 1 amide bonds. The van der Waals surface area contributed by atoms with Crippen LogP contribution in [0.25, 0.3) is 0 Å². The zero-order chi connectivity index (χ0) is 22.1. The maximum absolute atomic E-state index is 13.5. The highest BCUT2D eigenvalue weighted by atomic mass is 35.5. The second-order valence-corrected chi connectivity index (χ2v) is 8.71. The van der Waals surface area contributed by atoms with Crippen molar-refractivity contribution in [3.8, 4) is 0 Å². The molecule has 0 heterocycles. The van der Waals surface area contributed by atoms with Crippen molar-refractivity contribution in [3.63, 3.8) is 0 Å². The molecular weight excluding hydrogens is 432 g/mol. The predicted molar refractivity (Wildman–Crippen MR) is 101 cm³/mol. The minimum absolute atomic E-state index is 0.0434. The smallest absolute Gasteiger partial charge is 0.349 e. The van der Waals surface area contributed by atoms with Crippen molar-refractivity contribution in [1.29, 1.82) is 0 Å². The average Bonchev–Trinajstić information content (AvgIpc) is 2.92. The monoisotopic (exact) mass is 455 g/mol. The average molecular weight is 456 g/mol. The van der Waals surface area contributed by atoms with Gasteiger partial charge in [-0.25, -0.2) is 0 Å². The van der Waals surface area contributed by atoms with Crippen molar-refractivity contribution < 1.29 is 31.1 Å². The first-order valence-electron chi connectivity index (χ1n) is 10.3. The zero-order valence-corrected chi connectivity index (χ0v) is 17.1. The number of carbonyl (C=O) groups is 1. The summed E-state index contributed by atoms with van der Waals surface area (Å²) in [5.41, 5.74) is -4.14. The highest BCUT2D eigenvalue weighted by Gasteiger charge is 2.42. The van der Waals surface area contributed by atoms with Gasteiger partial charge in [0.15, 0.2) is 0 Å². The highest BCUT2D eigenvalue weighted by Crippen LogP contribution is 2.42. The Labute approximate surface area is 176 Å². The van der Waals surface area contributed by atoms with Gasteiger partial charge in [0.05, 0.1) is 21.7 Å². The van der Waals surface area contributed by atoms with Gasteiger partial charge in [0.1, 0.15) is 0 Å². The summed E-state index contributed by atoms with van der Waals surface area (Å²) >= 11 is 5.77. The molecule has 1 aromatic carbocycles. The fourth-order valence-electron chi connectivity index (χ4n) is 4.94. The molecule has 9 heteroatoms. The summed E-state index contributed by atoms with van der Waals surface area (Å²) in [6.07, 6.45) is -1.16. The summed E-state index contributed by atoms with van der Waals surface area (Å²) in [6.45, 7) is 0. The Kier molecular flexibility index (Phi) is 6.94. The third kappa shape index (κ3) is 5.24. The SMILES string of the molecule is O=C(N[C@H]1CCC[C@H]1C1CCCCCC1)c1c(Cl)cc(C(F)(F)F)cc1C(F)(F)F. The first-order valence-corrected chi connectivity index (χ1v) is 10.6. The Morgan fingerprint density at radius 1 is 0.867 bits per heavy atom. The molecule has 2 fully saturated rings. The maximum Gasteiger partial charge on any atom is 0.417 e. The van der Waals surface area contributed by atoms with Crippen LogP contribution in [0.4, 0.5) is 26.3 Å². The Bertz CT molecular complexity index is 768. The molecule has 0 unspecified atom stereocenters. The number of alkyl halides is 6. The van der Waals surface area contributed by atoms with E-state index < -0.39 is 40.0 Å². The molecule has 0 aliphatic heterocycles. The van der Waals surface area contributed by atoms with Gasteiger partial charge in [0, 0.05) is 6.04 Å². The molecule has 3 rings (SSSR count). The predicted octanol–water partition coefficient (Wildman–Crippen LogP) is 7.25. The van der Waals surface area contributed by atoms with Gasteiger partial charge in [-0.1, -0.05) is 56.5 Å². The molecule has 0 saturated heterocycles. The maximum atomic E-state index is 13.5. The minimum atomic E-state index is -5.14. The van der Waals surface area contributed by atoms with Gasteiger partial charge in [-0.15, -0.1) is 0 Å². The van der Waals surface area contributed by atoms with Gasteiger partial charge in [0.2, 0.25) is 0 Å². The second kappa shape index (κ2) is 8.97. The van der Waals surface area contributed by atoms with Crippen molar-refractivity contribution >= 4 is 17.5 Å². The molecule has 0 bridgehead atoms. The molecule has 168 valence electrons. The molecule has 0 aromatic heterocycles. The van der Waals surface area contributed by atoms with Crippen LogP contribution < -0.4 is 5.32 Å². The topological polar surface area (TPSA) is 29.1 Å². The van der Waals surface area contributed by atoms with Crippen molar-refractivity contribution in [2.45, 2.75) is 76.2 Å². The summed E-state index contributed by atoms with van der Waals surface area (Å²) in [4.78, 5) is 12.8. The van der Waals surface area contributed by atoms with Gasteiger partial charge < -0.3 is 5.32 Å². The lowest BCUT2D eigenvalue weighted by Crippen LogP contribution is -2.40. The van der Waals surface area contributed by atoms with Crippen molar-refractivity contribution in [2.75, 3.05) is 0 Å². The molecule has 2 nitrogen and oxygen atoms in total. The Hall–Kier alpha value is -1.44. The number of hydrogen-bond acceptors (Lipinski definition) is 1. The molecular formula is C21H24ClF6NO. The molecule has 2 aliphatic carbocycles. The molecule has 1 aromatic rings. The molecule has 30 heavy (non-hydrogen) atoms. The van der Waals surface area contributed by atoms with E-state index in [0.717, 1.165) is 51.4 Å². The number of nitrogens with one attached hydrogen (secondary N) is 1. The number of carbonyl (C=O) groups excluding carboxylic acids is 1. The van der Waals surface area contributed by atoms with Gasteiger partial charge in [-0.2, -0.15) is 26.3 Å². The van der Waals surface area contributed by atoms with Gasteiger partial charge >= 0.3 is 12.4 Å². The first-order chi connectivity index (χ1) is 14.0. The fourth-order valence-corrected chi connectivity index (χ4v) is 5.24. The van der Waals surface area contributed by atoms with E-state index in [2.05, 4.69) is 5.32 Å². The lowest BCUT2D eigenvalue weighted by atomic mass is 9.82. The van der Waals surface area contributed by atoms with E-state index in [0.29, 0.717) is 18.4 Å². The van der Waals surface area contributed by atoms with Crippen LogP contribution in [0.15, 0.2) is 12.1 Å². The molecule has 2 atom stereocenters. The largest absolute Gasteiger partial charge is 0.417 e. The molecule has 2 aliphatic rings. The van der Waals surface area contributed by atoms with Gasteiger partial charge in [-0.05, 0) is 36.8 Å². The highest BCUT2D eigenvalue weighted by molar-refractivity contribution is 6.34. The molecule has 0 radical (unpaired) electrons. The van der Waals surface area contributed by atoms with Crippen LogP contribution >= 0.6 is 11.6 Å². The number of halogens is 7. The third-order valence-electron chi connectivity index (χ3n) is 6.34. The summed E-state index contributed by atoms with van der Waals surface area (Å²) in [5.74, 6) is -0.480. The number of rotatable bonds is 3. The Balaban J connectivity index is 1.87. The van der Waals surface area contributed by atoms with E-state index in [1.807, 2.05) is 0 Å². The summed E-state index contributed by atoms with van der Waals surface area (Å²) in [6, 6.07) is 0.0431. The quantitative estimate of drug-likeness (QED) is 0.377. The number of hydrogen-bond donors (Lipinski definition) is 1. The van der Waals surface area contributed by atoms with Crippen LogP contribution in [-0.2, 0) is 12.4 Å². The summed E-state index contributed by atoms with van der Waals surface area (Å²) < 4.78 is 79.3. The summed E-state index contributed by atoms with van der Waals surface area (Å²) in [5, 5.41) is 1.82. The van der Waals surface area contributed by atoms with Gasteiger partial charge in [-0.3, -0.25) is 4.79 Å². The minimum Gasteiger partial charge on any atom is -0.349 e. The van der Waals surface area contributed by atoms with E-state index in [4.69, 9.17) is 11.6 Å². The zero-order valence-electron chi connectivity index (χ0n) is 16.3. The van der Waals surface area contributed by atoms with Crippen LogP contribution in [0.5, 0.6) is 0 Å². The molecule has 1 N–H and O–H groups in total. The van der Waals surface area contributed by atoms with Crippen molar-refractivity contribution in [3.05, 3.63) is 33.8 Å². The van der Waals surface area contributed by atoms with E-state index in [9.17, 15) is 31.1 Å². The first kappa shape index (κ1) is 23.2. The van der Waals surface area contributed by atoms with Crippen LogP contribution in [-0.4, -0.2) is 11.9 Å². The second-order valence-electron chi connectivity index (χ2n) is 8.30. The lowest BCUT2D eigenvalue weighted by molar-refractivity contribution is -0.143. The van der Waals surface area contributed by atoms with E-state index in [-0.39, 0.29) is 18.0 Å². The molecule has 2 saturated carbocycles. The van der Waals surface area contributed by atoms with Crippen molar-refractivity contribution in [2.24, 2.45) is 11.8 Å². The van der Waals surface area contributed by atoms with E-state index in [1.54, 1.807) is 0 Å². The van der Waals surface area contributed by atoms with Gasteiger partial charge in [0.25, 0.3) is 5.91 Å². The number of amides is 1. The summed E-state index contributed by atoms with van der Waals surface area (Å²) in [7, 11) is 0. The normalized spacial score (nSPS) is 24.0. The molecule has 0 spiro atoms. The third-order valence-corrected chi connectivity index (χ3v) is 6.64. The van der Waals surface area contributed by atoms with Crippen LogP contribution in [0.2, 0.25) is 5.02 Å². The fraction of sp³-hybridized carbons (Fsp3) is 0.667. The van der Waals surface area contributed by atoms with E-state index in [1.165, 1.54) is 0 Å². The van der Waals surface area contributed by atoms with E-state index >= 15 is 0 Å².